The van der Waals surface area contributed by atoms with E-state index in [1.165, 1.54) is 43.1 Å². The lowest BCUT2D eigenvalue weighted by Gasteiger charge is -2.23. The molecule has 2 N–H and O–H groups in total. The van der Waals surface area contributed by atoms with E-state index < -0.39 is 0 Å². The van der Waals surface area contributed by atoms with Gasteiger partial charge in [0.2, 0.25) is 5.91 Å². The van der Waals surface area contributed by atoms with Gasteiger partial charge in [0.1, 0.15) is 0 Å². The number of nitrogens with zero attached hydrogens (tertiary/aromatic N) is 2. The number of benzene rings is 3. The molecule has 0 aliphatic heterocycles. The molecule has 5 nitrogen and oxygen atoms in total. The zero-order valence-electron chi connectivity index (χ0n) is 21.9. The second-order valence-electron chi connectivity index (χ2n) is 10.9. The van der Waals surface area contributed by atoms with E-state index in [2.05, 4.69) is 41.7 Å². The van der Waals surface area contributed by atoms with Crippen molar-refractivity contribution in [1.82, 2.24) is 9.97 Å². The normalized spacial score (nSPS) is 15.2. The number of hydrogen-bond donors (Lipinski definition) is 2. The van der Waals surface area contributed by atoms with Crippen LogP contribution in [0.1, 0.15) is 66.6 Å². The van der Waals surface area contributed by atoms with Crippen molar-refractivity contribution in [2.45, 2.75) is 70.8 Å². The Labute approximate surface area is 224 Å². The zero-order valence-corrected chi connectivity index (χ0v) is 21.9. The number of fused-ring (bicyclic) bond motifs is 4. The maximum atomic E-state index is 13.2. The standard InChI is InChI=1S/C33H35N3O2/c37-21-24-11-15-28-27(19-24)14-17-29-32(28)34-30(16-12-22-6-2-1-3-7-22)33(35-29)36-31(38)20-23-10-13-25-8-4-5-9-26(25)18-23/h4-5,8-11,13,15,18-19,22,37H,1-3,6-7,12,14,16-17,20-21H2,(H,35,36,38). The van der Waals surface area contributed by atoms with Gasteiger partial charge in [-0.15, -0.1) is 0 Å². The van der Waals surface area contributed by atoms with Crippen LogP contribution in [0.25, 0.3) is 22.0 Å². The van der Waals surface area contributed by atoms with E-state index >= 15 is 0 Å². The van der Waals surface area contributed by atoms with Crippen LogP contribution >= 0.6 is 0 Å². The number of aliphatic hydroxyl groups excluding tert-OH is 1. The molecule has 1 heterocycles. The molecule has 0 atom stereocenters. The summed E-state index contributed by atoms with van der Waals surface area (Å²) >= 11 is 0. The maximum Gasteiger partial charge on any atom is 0.229 e. The third kappa shape index (κ3) is 5.34. The topological polar surface area (TPSA) is 75.1 Å². The average molecular weight is 506 g/mol. The van der Waals surface area contributed by atoms with Crippen LogP contribution in [-0.4, -0.2) is 21.0 Å². The summed E-state index contributed by atoms with van der Waals surface area (Å²) in [6.45, 7) is 0.0423. The predicted molar refractivity (Wildman–Crippen MR) is 152 cm³/mol. The summed E-state index contributed by atoms with van der Waals surface area (Å²) in [6.07, 6.45) is 10.4. The Morgan fingerprint density at radius 1 is 0.895 bits per heavy atom. The minimum absolute atomic E-state index is 0.0423. The first-order chi connectivity index (χ1) is 18.7. The summed E-state index contributed by atoms with van der Waals surface area (Å²) in [5.74, 6) is 1.29. The lowest BCUT2D eigenvalue weighted by Crippen LogP contribution is -2.20. The fourth-order valence-corrected chi connectivity index (χ4v) is 6.13. The Balaban J connectivity index is 1.28. The van der Waals surface area contributed by atoms with Gasteiger partial charge in [-0.2, -0.15) is 0 Å². The van der Waals surface area contributed by atoms with Gasteiger partial charge in [0, 0.05) is 5.56 Å². The Morgan fingerprint density at radius 2 is 1.71 bits per heavy atom. The van der Waals surface area contributed by atoms with Crippen LogP contribution in [0, 0.1) is 5.92 Å². The van der Waals surface area contributed by atoms with Crippen LogP contribution in [-0.2, 0) is 37.1 Å². The number of anilines is 1. The number of aromatic nitrogens is 2. The number of carbonyl (C=O) groups excluding carboxylic acids is 1. The summed E-state index contributed by atoms with van der Waals surface area (Å²) in [5.41, 5.74) is 6.99. The summed E-state index contributed by atoms with van der Waals surface area (Å²) in [7, 11) is 0. The minimum atomic E-state index is -0.0581. The van der Waals surface area contributed by atoms with E-state index in [4.69, 9.17) is 9.97 Å². The summed E-state index contributed by atoms with van der Waals surface area (Å²) in [5, 5.41) is 15.0. The summed E-state index contributed by atoms with van der Waals surface area (Å²) in [6, 6.07) is 20.5. The first-order valence-corrected chi connectivity index (χ1v) is 14.1. The van der Waals surface area contributed by atoms with E-state index in [1.807, 2.05) is 24.3 Å². The highest BCUT2D eigenvalue weighted by Crippen LogP contribution is 2.35. The van der Waals surface area contributed by atoms with Crippen molar-refractivity contribution >= 4 is 22.5 Å². The summed E-state index contributed by atoms with van der Waals surface area (Å²) < 4.78 is 0. The van der Waals surface area contributed by atoms with Gasteiger partial charge in [0.15, 0.2) is 5.82 Å². The van der Waals surface area contributed by atoms with Crippen LogP contribution in [0.2, 0.25) is 0 Å². The molecule has 1 amide bonds. The summed E-state index contributed by atoms with van der Waals surface area (Å²) in [4.78, 5) is 23.4. The molecular formula is C33H35N3O2. The number of rotatable bonds is 7. The van der Waals surface area contributed by atoms with E-state index in [0.717, 1.165) is 70.8 Å². The number of nitrogens with one attached hydrogen (secondary N) is 1. The van der Waals surface area contributed by atoms with Gasteiger partial charge in [-0.1, -0.05) is 92.8 Å². The smallest absolute Gasteiger partial charge is 0.229 e. The first-order valence-electron chi connectivity index (χ1n) is 14.1. The van der Waals surface area contributed by atoms with Crippen LogP contribution < -0.4 is 5.32 Å². The second-order valence-corrected chi connectivity index (χ2v) is 10.9. The fourth-order valence-electron chi connectivity index (χ4n) is 6.13. The molecule has 2 aliphatic rings. The fraction of sp³-hybridized carbons (Fsp3) is 0.364. The van der Waals surface area contributed by atoms with Gasteiger partial charge in [-0.05, 0) is 59.1 Å². The van der Waals surface area contributed by atoms with Crippen LogP contribution in [0.3, 0.4) is 0 Å². The molecular weight excluding hydrogens is 470 g/mol. The van der Waals surface area contributed by atoms with Crippen molar-refractivity contribution in [3.8, 4) is 11.3 Å². The highest BCUT2D eigenvalue weighted by Gasteiger charge is 2.24. The molecule has 1 fully saturated rings. The average Bonchev–Trinajstić information content (AvgIpc) is 2.96. The van der Waals surface area contributed by atoms with Crippen LogP contribution in [0.15, 0.2) is 60.7 Å². The molecule has 0 radical (unpaired) electrons. The molecule has 0 saturated heterocycles. The highest BCUT2D eigenvalue weighted by atomic mass is 16.3. The number of aryl methyl sites for hydroxylation is 3. The molecule has 38 heavy (non-hydrogen) atoms. The molecule has 4 aromatic rings. The third-order valence-corrected chi connectivity index (χ3v) is 8.23. The number of carbonyl (C=O) groups is 1. The van der Waals surface area contributed by atoms with E-state index in [0.29, 0.717) is 12.2 Å². The molecule has 0 unspecified atom stereocenters. The SMILES string of the molecule is O=C(Cc1ccc2ccccc2c1)Nc1nc2c(nc1CCC1CCCCC1)-c1ccc(CO)cc1CC2. The van der Waals surface area contributed by atoms with Crippen LogP contribution in [0.4, 0.5) is 5.82 Å². The largest absolute Gasteiger partial charge is 0.392 e. The number of aliphatic hydroxyl groups is 1. The lowest BCUT2D eigenvalue weighted by molar-refractivity contribution is -0.115. The van der Waals surface area contributed by atoms with Crippen molar-refractivity contribution in [2.24, 2.45) is 5.92 Å². The van der Waals surface area contributed by atoms with E-state index in [9.17, 15) is 9.90 Å². The Kier molecular flexibility index (Phi) is 7.19. The predicted octanol–water partition coefficient (Wildman–Crippen LogP) is 6.58. The molecule has 1 aromatic heterocycles. The minimum Gasteiger partial charge on any atom is -0.392 e. The molecule has 194 valence electrons. The molecule has 1 saturated carbocycles. The third-order valence-electron chi connectivity index (χ3n) is 8.23. The monoisotopic (exact) mass is 505 g/mol. The van der Waals surface area contributed by atoms with Gasteiger partial charge < -0.3 is 10.4 Å². The van der Waals surface area contributed by atoms with Gasteiger partial charge >= 0.3 is 0 Å². The van der Waals surface area contributed by atoms with Crippen molar-refractivity contribution in [3.05, 3.63) is 88.7 Å². The van der Waals surface area contributed by atoms with Crippen LogP contribution in [0.5, 0.6) is 0 Å². The Bertz CT molecular complexity index is 1470. The number of amides is 1. The van der Waals surface area contributed by atoms with Gasteiger partial charge in [0.25, 0.3) is 0 Å². The van der Waals surface area contributed by atoms with Crippen molar-refractivity contribution in [3.63, 3.8) is 0 Å². The molecule has 6 rings (SSSR count). The Morgan fingerprint density at radius 3 is 2.55 bits per heavy atom. The van der Waals surface area contributed by atoms with Crippen molar-refractivity contribution < 1.29 is 9.90 Å². The first kappa shape index (κ1) is 24.7. The zero-order chi connectivity index (χ0) is 25.9. The molecule has 3 aromatic carbocycles. The number of hydrogen-bond acceptors (Lipinski definition) is 4. The second kappa shape index (κ2) is 11.0. The molecule has 0 bridgehead atoms. The maximum absolute atomic E-state index is 13.2. The lowest BCUT2D eigenvalue weighted by atomic mass is 9.85. The van der Waals surface area contributed by atoms with E-state index in [1.54, 1.807) is 0 Å². The molecule has 5 heteroatoms. The van der Waals surface area contributed by atoms with Crippen molar-refractivity contribution in [2.75, 3.05) is 5.32 Å². The van der Waals surface area contributed by atoms with Crippen molar-refractivity contribution in [1.29, 1.82) is 0 Å². The van der Waals surface area contributed by atoms with Gasteiger partial charge in [0.05, 0.1) is 30.1 Å². The van der Waals surface area contributed by atoms with E-state index in [-0.39, 0.29) is 12.5 Å². The van der Waals surface area contributed by atoms with Gasteiger partial charge in [-0.3, -0.25) is 4.79 Å². The quantitative estimate of drug-likeness (QED) is 0.297. The Hall–Kier alpha value is -3.57. The highest BCUT2D eigenvalue weighted by molar-refractivity contribution is 5.93. The molecule has 0 spiro atoms. The van der Waals surface area contributed by atoms with Gasteiger partial charge in [-0.25, -0.2) is 9.97 Å². The molecule has 2 aliphatic carbocycles.